The van der Waals surface area contributed by atoms with Crippen LogP contribution >= 0.6 is 24.6 Å². The lowest BCUT2D eigenvalue weighted by Gasteiger charge is -2.49. The number of aldehydes is 2. The molecule has 5 atom stereocenters. The standard InChI is InChI=1S/C26H39N3O2.C5H8O2S.C2H6N2OS/c1-26-15-14-21-20-11-9-19(30)17-18(20)8-10-22(21)23(26)12-13-24(26)27-28-25(31)7-5-4-6-16-29(2)3;1-8-5(4-7)2-3-6;3-2(5)1-4-6/h9,11,17,21-23,30H,4-8,10,12-16H2,1-3H3,(H,28,31);3-5H,2H2,1H3;4,6H,1H2,(H2,3,5)/b27-24+;;. The van der Waals surface area contributed by atoms with E-state index < -0.39 is 5.91 Å². The zero-order valence-electron chi connectivity index (χ0n) is 27.3. The highest BCUT2D eigenvalue weighted by atomic mass is 32.2. The summed E-state index contributed by atoms with van der Waals surface area (Å²) in [4.78, 5) is 43.9. The Morgan fingerprint density at radius 2 is 1.96 bits per heavy atom. The number of carbonyl (C=O) groups is 4. The van der Waals surface area contributed by atoms with Gasteiger partial charge in [-0.05, 0) is 119 Å². The van der Waals surface area contributed by atoms with E-state index in [9.17, 15) is 24.3 Å². The minimum Gasteiger partial charge on any atom is -0.508 e. The summed E-state index contributed by atoms with van der Waals surface area (Å²) in [6, 6.07) is 5.98. The molecule has 2 amide bonds. The molecule has 10 nitrogen and oxygen atoms in total. The molecule has 0 spiro atoms. The SMILES string of the molecule is CN(C)CCCCCC(=O)N/N=C1\CCC2C3CCc4cc(O)ccc4C3CCC12C.CSC(C=O)CC=O.NC(=O)CNS. The van der Waals surface area contributed by atoms with Gasteiger partial charge in [-0.25, -0.2) is 5.43 Å². The lowest BCUT2D eigenvalue weighted by Crippen LogP contribution is -2.43. The van der Waals surface area contributed by atoms with Crippen molar-refractivity contribution in [3.05, 3.63) is 29.3 Å². The molecule has 45 heavy (non-hydrogen) atoms. The monoisotopic (exact) mass is 663 g/mol. The predicted octanol–water partition coefficient (Wildman–Crippen LogP) is 4.25. The highest BCUT2D eigenvalue weighted by Crippen LogP contribution is 2.59. The Morgan fingerprint density at radius 1 is 1.20 bits per heavy atom. The molecular formula is C33H53N5O5S2. The fraction of sp³-hybridized carbons (Fsp3) is 0.667. The number of nitrogens with zero attached hydrogens (tertiary/aromatic N) is 2. The van der Waals surface area contributed by atoms with Crippen LogP contribution < -0.4 is 15.9 Å². The van der Waals surface area contributed by atoms with Crippen LogP contribution in [0, 0.1) is 17.3 Å². The fourth-order valence-electron chi connectivity index (χ4n) is 7.00. The number of rotatable bonds is 13. The summed E-state index contributed by atoms with van der Waals surface area (Å²) in [6.45, 7) is 3.60. The van der Waals surface area contributed by atoms with Crippen molar-refractivity contribution in [3.8, 4) is 5.75 Å². The van der Waals surface area contributed by atoms with Gasteiger partial charge in [-0.1, -0.05) is 32.2 Å². The van der Waals surface area contributed by atoms with Crippen LogP contribution in [0.3, 0.4) is 0 Å². The lowest BCUT2D eigenvalue weighted by atomic mass is 9.55. The van der Waals surface area contributed by atoms with E-state index in [2.05, 4.69) is 65.8 Å². The molecule has 2 saturated carbocycles. The highest BCUT2D eigenvalue weighted by Gasteiger charge is 2.53. The van der Waals surface area contributed by atoms with Gasteiger partial charge in [0.25, 0.3) is 0 Å². The molecule has 0 aromatic heterocycles. The fourth-order valence-corrected chi connectivity index (χ4v) is 7.54. The molecule has 4 rings (SSSR count). The van der Waals surface area contributed by atoms with Crippen LogP contribution in [0.2, 0.25) is 0 Å². The molecule has 1 aromatic carbocycles. The van der Waals surface area contributed by atoms with Crippen molar-refractivity contribution in [2.24, 2.45) is 28.1 Å². The number of benzene rings is 1. The molecular weight excluding hydrogens is 611 g/mol. The molecule has 0 bridgehead atoms. The van der Waals surface area contributed by atoms with Crippen LogP contribution in [-0.2, 0) is 25.6 Å². The van der Waals surface area contributed by atoms with Gasteiger partial charge >= 0.3 is 0 Å². The third kappa shape index (κ3) is 12.0. The predicted molar refractivity (Wildman–Crippen MR) is 186 cm³/mol. The number of phenols is 1. The first-order valence-electron chi connectivity index (χ1n) is 15.9. The summed E-state index contributed by atoms with van der Waals surface area (Å²) in [5.41, 5.74) is 11.7. The Bertz CT molecular complexity index is 1150. The Hall–Kier alpha value is -2.41. The molecule has 12 heteroatoms. The zero-order valence-corrected chi connectivity index (χ0v) is 29.0. The Labute approximate surface area is 278 Å². The highest BCUT2D eigenvalue weighted by molar-refractivity contribution is 7.99. The summed E-state index contributed by atoms with van der Waals surface area (Å²) in [5.74, 6) is 2.00. The number of hydrazone groups is 1. The van der Waals surface area contributed by atoms with Gasteiger partial charge in [0.05, 0.1) is 11.8 Å². The normalized spacial score (nSPS) is 24.5. The molecule has 5 N–H and O–H groups in total. The van der Waals surface area contributed by atoms with Crippen molar-refractivity contribution < 1.29 is 24.3 Å². The number of aromatic hydroxyl groups is 1. The molecule has 0 aliphatic heterocycles. The Kier molecular flexibility index (Phi) is 17.2. The molecule has 1 aromatic rings. The first-order valence-corrected chi connectivity index (χ1v) is 17.6. The number of aryl methyl sites for hydroxylation is 1. The summed E-state index contributed by atoms with van der Waals surface area (Å²) < 4.78 is 2.29. The Balaban J connectivity index is 0.000000421. The molecule has 0 saturated heterocycles. The van der Waals surface area contributed by atoms with Gasteiger partial charge in [0.1, 0.15) is 18.3 Å². The Morgan fingerprint density at radius 3 is 2.53 bits per heavy atom. The van der Waals surface area contributed by atoms with Gasteiger partial charge in [-0.2, -0.15) is 16.9 Å². The lowest BCUT2D eigenvalue weighted by molar-refractivity contribution is -0.121. The second-order valence-electron chi connectivity index (χ2n) is 12.6. The largest absolute Gasteiger partial charge is 0.508 e. The first-order chi connectivity index (χ1) is 21.5. The van der Waals surface area contributed by atoms with Gasteiger partial charge in [-0.15, -0.1) is 0 Å². The number of amides is 2. The van der Waals surface area contributed by atoms with E-state index in [1.807, 2.05) is 18.4 Å². The summed E-state index contributed by atoms with van der Waals surface area (Å²) in [6.07, 6.45) is 14.2. The smallest absolute Gasteiger partial charge is 0.240 e. The number of thioether (sulfide) groups is 1. The third-order valence-corrected chi connectivity index (χ3v) is 10.4. The van der Waals surface area contributed by atoms with Crippen molar-refractivity contribution in [3.63, 3.8) is 0 Å². The maximum Gasteiger partial charge on any atom is 0.240 e. The number of phenolic OH excluding ortho intramolecular Hbond substituents is 1. The number of hydrogen-bond donors (Lipinski definition) is 5. The second-order valence-corrected chi connectivity index (χ2v) is 14.0. The number of fused-ring (bicyclic) bond motifs is 5. The number of nitrogens with one attached hydrogen (secondary N) is 2. The number of nitrogens with two attached hydrogens (primary N) is 1. The molecule has 3 aliphatic rings. The van der Waals surface area contributed by atoms with Gasteiger partial charge in [0, 0.05) is 24.0 Å². The van der Waals surface area contributed by atoms with E-state index in [1.165, 1.54) is 47.9 Å². The maximum absolute atomic E-state index is 12.3. The van der Waals surface area contributed by atoms with Crippen LogP contribution in [0.25, 0.3) is 0 Å². The minimum absolute atomic E-state index is 0.0597. The van der Waals surface area contributed by atoms with E-state index in [0.717, 1.165) is 57.6 Å². The number of thiol groups is 1. The molecule has 252 valence electrons. The number of primary amides is 1. The van der Waals surface area contributed by atoms with Crippen LogP contribution in [0.1, 0.15) is 88.2 Å². The van der Waals surface area contributed by atoms with Crippen molar-refractivity contribution in [2.45, 2.75) is 88.7 Å². The van der Waals surface area contributed by atoms with Crippen molar-refractivity contribution in [2.75, 3.05) is 33.4 Å². The van der Waals surface area contributed by atoms with Crippen LogP contribution in [0.5, 0.6) is 5.75 Å². The average molecular weight is 664 g/mol. The van der Waals surface area contributed by atoms with E-state index >= 15 is 0 Å². The minimum atomic E-state index is -0.398. The van der Waals surface area contributed by atoms with Crippen LogP contribution in [0.15, 0.2) is 23.3 Å². The molecule has 3 aliphatic carbocycles. The van der Waals surface area contributed by atoms with E-state index in [1.54, 1.807) is 0 Å². The van der Waals surface area contributed by atoms with Gasteiger partial charge in [0.15, 0.2) is 0 Å². The molecule has 0 heterocycles. The topological polar surface area (TPSA) is 154 Å². The number of unbranched alkanes of at least 4 members (excludes halogenated alkanes) is 2. The zero-order chi connectivity index (χ0) is 33.4. The van der Waals surface area contributed by atoms with E-state index in [4.69, 9.17) is 0 Å². The summed E-state index contributed by atoms with van der Waals surface area (Å²) in [5, 5.41) is 14.4. The van der Waals surface area contributed by atoms with Gasteiger partial charge < -0.3 is 25.3 Å². The van der Waals surface area contributed by atoms with Gasteiger partial charge in [0.2, 0.25) is 11.8 Å². The summed E-state index contributed by atoms with van der Waals surface area (Å²) in [7, 11) is 4.17. The first kappa shape index (κ1) is 38.8. The molecule has 0 radical (unpaired) electrons. The molecule has 5 unspecified atom stereocenters. The van der Waals surface area contributed by atoms with Crippen molar-refractivity contribution >= 4 is 54.7 Å². The molecule has 2 fully saturated rings. The second kappa shape index (κ2) is 20.0. The van der Waals surface area contributed by atoms with Crippen LogP contribution in [-0.4, -0.2) is 78.8 Å². The number of hydrogen-bond acceptors (Lipinski definition) is 10. The number of carbonyl (C=O) groups excluding carboxylic acids is 4. The summed E-state index contributed by atoms with van der Waals surface area (Å²) >= 11 is 4.90. The van der Waals surface area contributed by atoms with Crippen molar-refractivity contribution in [1.29, 1.82) is 0 Å². The van der Waals surface area contributed by atoms with Gasteiger partial charge in [-0.3, -0.25) is 14.3 Å². The van der Waals surface area contributed by atoms with Crippen LogP contribution in [0.4, 0.5) is 0 Å². The van der Waals surface area contributed by atoms with E-state index in [0.29, 0.717) is 36.3 Å². The average Bonchev–Trinajstić information content (AvgIpc) is 3.34. The van der Waals surface area contributed by atoms with E-state index in [-0.39, 0.29) is 23.1 Å². The quantitative estimate of drug-likeness (QED) is 0.0909. The van der Waals surface area contributed by atoms with Crippen molar-refractivity contribution in [1.82, 2.24) is 15.0 Å². The third-order valence-electron chi connectivity index (χ3n) is 9.31. The maximum atomic E-state index is 12.3.